The van der Waals surface area contributed by atoms with Crippen molar-refractivity contribution in [1.29, 1.82) is 0 Å². The summed E-state index contributed by atoms with van der Waals surface area (Å²) in [5.74, 6) is -0.274. The Balaban J connectivity index is 2.94. The summed E-state index contributed by atoms with van der Waals surface area (Å²) in [6.45, 7) is 3.59. The third-order valence-corrected chi connectivity index (χ3v) is 2.29. The number of fused-ring (bicyclic) bond motifs is 1. The Labute approximate surface area is 85.8 Å². The van der Waals surface area contributed by atoms with Crippen LogP contribution < -0.4 is 0 Å². The second-order valence-corrected chi connectivity index (χ2v) is 3.53. The van der Waals surface area contributed by atoms with E-state index < -0.39 is 0 Å². The van der Waals surface area contributed by atoms with E-state index >= 15 is 0 Å². The molecule has 0 saturated heterocycles. The van der Waals surface area contributed by atoms with Crippen LogP contribution in [0.1, 0.15) is 11.3 Å². The highest BCUT2D eigenvalue weighted by atomic mass is 35.5. The molecule has 0 amide bonds. The minimum absolute atomic E-state index is 0.199. The summed E-state index contributed by atoms with van der Waals surface area (Å²) in [7, 11) is 0. The van der Waals surface area contributed by atoms with Crippen molar-refractivity contribution < 1.29 is 4.39 Å². The van der Waals surface area contributed by atoms with Crippen LogP contribution in [0.15, 0.2) is 12.1 Å². The number of aromatic nitrogens is 2. The van der Waals surface area contributed by atoms with Crippen molar-refractivity contribution in [2.45, 2.75) is 13.8 Å². The third-order valence-electron chi connectivity index (χ3n) is 2.12. The minimum Gasteiger partial charge on any atom is -0.223 e. The lowest BCUT2D eigenvalue weighted by molar-refractivity contribution is 0.628. The second-order valence-electron chi connectivity index (χ2n) is 3.20. The molecular formula is C10H8ClFN2. The van der Waals surface area contributed by atoms with Crippen LogP contribution in [-0.4, -0.2) is 9.97 Å². The molecule has 0 unspecified atom stereocenters. The molecule has 2 aromatic rings. The maximum absolute atomic E-state index is 13.1. The fraction of sp³-hybridized carbons (Fsp3) is 0.200. The number of halogens is 2. The van der Waals surface area contributed by atoms with Gasteiger partial charge in [0.15, 0.2) is 0 Å². The largest absolute Gasteiger partial charge is 0.223 e. The summed E-state index contributed by atoms with van der Waals surface area (Å²) in [4.78, 5) is 8.04. The lowest BCUT2D eigenvalue weighted by Gasteiger charge is -2.04. The Morgan fingerprint density at radius 1 is 1.21 bits per heavy atom. The van der Waals surface area contributed by atoms with E-state index in [9.17, 15) is 4.39 Å². The van der Waals surface area contributed by atoms with Gasteiger partial charge < -0.3 is 0 Å². The molecule has 1 aromatic carbocycles. The van der Waals surface area contributed by atoms with Gasteiger partial charge in [-0.15, -0.1) is 0 Å². The standard InChI is InChI=1S/C10H8ClFN2/c1-5-3-7(12)4-8-6(2)13-10(11)14-9(5)8/h3-4H,1-2H3. The first-order valence-corrected chi connectivity index (χ1v) is 4.56. The third kappa shape index (κ3) is 1.44. The van der Waals surface area contributed by atoms with Crippen LogP contribution in [0.2, 0.25) is 5.28 Å². The molecule has 2 rings (SSSR count). The molecule has 0 spiro atoms. The molecule has 2 nitrogen and oxygen atoms in total. The van der Waals surface area contributed by atoms with Crippen LogP contribution in [0.3, 0.4) is 0 Å². The number of nitrogens with zero attached hydrogens (tertiary/aromatic N) is 2. The van der Waals surface area contributed by atoms with Gasteiger partial charge in [0.2, 0.25) is 5.28 Å². The molecule has 0 atom stereocenters. The van der Waals surface area contributed by atoms with Crippen molar-refractivity contribution in [2.75, 3.05) is 0 Å². The zero-order valence-electron chi connectivity index (χ0n) is 7.81. The Morgan fingerprint density at radius 3 is 2.64 bits per heavy atom. The number of hydrogen-bond acceptors (Lipinski definition) is 2. The molecule has 4 heteroatoms. The second kappa shape index (κ2) is 3.17. The number of hydrogen-bond donors (Lipinski definition) is 0. The van der Waals surface area contributed by atoms with Gasteiger partial charge in [0.25, 0.3) is 0 Å². The first kappa shape index (κ1) is 9.34. The fourth-order valence-corrected chi connectivity index (χ4v) is 1.69. The van der Waals surface area contributed by atoms with Crippen LogP contribution in [0.25, 0.3) is 10.9 Å². The van der Waals surface area contributed by atoms with Crippen molar-refractivity contribution in [1.82, 2.24) is 9.97 Å². The molecular weight excluding hydrogens is 203 g/mol. The molecule has 0 saturated carbocycles. The lowest BCUT2D eigenvalue weighted by atomic mass is 10.1. The van der Waals surface area contributed by atoms with E-state index in [0.29, 0.717) is 16.6 Å². The van der Waals surface area contributed by atoms with E-state index in [2.05, 4.69) is 9.97 Å². The van der Waals surface area contributed by atoms with Crippen LogP contribution in [0.4, 0.5) is 4.39 Å². The van der Waals surface area contributed by atoms with Crippen molar-refractivity contribution in [3.63, 3.8) is 0 Å². The van der Waals surface area contributed by atoms with Gasteiger partial charge in [-0.1, -0.05) is 0 Å². The van der Waals surface area contributed by atoms with E-state index in [1.807, 2.05) is 0 Å². The summed E-state index contributed by atoms with van der Waals surface area (Å²) in [5.41, 5.74) is 2.18. The smallest absolute Gasteiger partial charge is 0.223 e. The quantitative estimate of drug-likeness (QED) is 0.625. The van der Waals surface area contributed by atoms with Gasteiger partial charge in [-0.2, -0.15) is 0 Å². The summed E-state index contributed by atoms with van der Waals surface area (Å²) in [5, 5.41) is 0.914. The maximum atomic E-state index is 13.1. The summed E-state index contributed by atoms with van der Waals surface area (Å²) in [6, 6.07) is 2.86. The average molecular weight is 211 g/mol. The van der Waals surface area contributed by atoms with Gasteiger partial charge in [0.1, 0.15) is 5.82 Å². The van der Waals surface area contributed by atoms with E-state index in [1.54, 1.807) is 13.8 Å². The van der Waals surface area contributed by atoms with Crippen LogP contribution in [0.5, 0.6) is 0 Å². The number of rotatable bonds is 0. The highest BCUT2D eigenvalue weighted by molar-refractivity contribution is 6.28. The molecule has 0 fully saturated rings. The Bertz CT molecular complexity index is 464. The topological polar surface area (TPSA) is 25.8 Å². The summed E-state index contributed by atoms with van der Waals surface area (Å²) < 4.78 is 13.1. The van der Waals surface area contributed by atoms with Gasteiger partial charge >= 0.3 is 0 Å². The Hall–Kier alpha value is -1.22. The van der Waals surface area contributed by atoms with Gasteiger partial charge in [0, 0.05) is 5.39 Å². The zero-order chi connectivity index (χ0) is 10.3. The van der Waals surface area contributed by atoms with Crippen molar-refractivity contribution in [2.24, 2.45) is 0 Å². The molecule has 0 aliphatic rings. The molecule has 0 radical (unpaired) electrons. The Kier molecular flexibility index (Phi) is 2.11. The van der Waals surface area contributed by atoms with Crippen molar-refractivity contribution >= 4 is 22.5 Å². The first-order chi connectivity index (χ1) is 6.58. The molecule has 0 bridgehead atoms. The molecule has 0 aliphatic carbocycles. The average Bonchev–Trinajstić information content (AvgIpc) is 2.07. The van der Waals surface area contributed by atoms with Gasteiger partial charge in [0.05, 0.1) is 11.2 Å². The van der Waals surface area contributed by atoms with Crippen LogP contribution in [-0.2, 0) is 0 Å². The first-order valence-electron chi connectivity index (χ1n) is 4.18. The maximum Gasteiger partial charge on any atom is 0.223 e. The SMILES string of the molecule is Cc1nc(Cl)nc2c(C)cc(F)cc12. The number of aryl methyl sites for hydroxylation is 2. The molecule has 0 aliphatic heterocycles. The Morgan fingerprint density at radius 2 is 1.93 bits per heavy atom. The van der Waals surface area contributed by atoms with E-state index in [4.69, 9.17) is 11.6 Å². The van der Waals surface area contributed by atoms with E-state index in [1.165, 1.54) is 12.1 Å². The molecule has 1 heterocycles. The summed E-state index contributed by atoms with van der Waals surface area (Å²) in [6.07, 6.45) is 0. The van der Waals surface area contributed by atoms with Crippen LogP contribution in [0, 0.1) is 19.7 Å². The van der Waals surface area contributed by atoms with Gasteiger partial charge in [-0.25, -0.2) is 14.4 Å². The van der Waals surface area contributed by atoms with Gasteiger partial charge in [-0.05, 0) is 43.1 Å². The fourth-order valence-electron chi connectivity index (χ4n) is 1.48. The summed E-state index contributed by atoms with van der Waals surface area (Å²) >= 11 is 5.72. The zero-order valence-corrected chi connectivity index (χ0v) is 8.56. The minimum atomic E-state index is -0.274. The lowest BCUT2D eigenvalue weighted by Crippen LogP contribution is -1.93. The predicted octanol–water partition coefficient (Wildman–Crippen LogP) is 3.04. The van der Waals surface area contributed by atoms with E-state index in [0.717, 1.165) is 5.56 Å². The monoisotopic (exact) mass is 210 g/mol. The van der Waals surface area contributed by atoms with Crippen molar-refractivity contribution in [3.05, 3.63) is 34.5 Å². The highest BCUT2D eigenvalue weighted by Crippen LogP contribution is 2.21. The van der Waals surface area contributed by atoms with E-state index in [-0.39, 0.29) is 11.1 Å². The number of benzene rings is 1. The molecule has 0 N–H and O–H groups in total. The van der Waals surface area contributed by atoms with Crippen LogP contribution >= 0.6 is 11.6 Å². The normalized spacial score (nSPS) is 10.9. The molecule has 72 valence electrons. The van der Waals surface area contributed by atoms with Crippen molar-refractivity contribution in [3.8, 4) is 0 Å². The molecule has 14 heavy (non-hydrogen) atoms. The van der Waals surface area contributed by atoms with Gasteiger partial charge in [-0.3, -0.25) is 0 Å². The predicted molar refractivity (Wildman–Crippen MR) is 54.0 cm³/mol. The molecule has 1 aromatic heterocycles. The highest BCUT2D eigenvalue weighted by Gasteiger charge is 2.07.